The van der Waals surface area contributed by atoms with E-state index in [4.69, 9.17) is 10.6 Å². The largest absolute Gasteiger partial charge is 0.508 e. The third-order valence-electron chi connectivity index (χ3n) is 1.91. The molecule has 0 atom stereocenters. The van der Waals surface area contributed by atoms with Gasteiger partial charge >= 0.3 is 0 Å². The molecule has 0 radical (unpaired) electrons. The highest BCUT2D eigenvalue weighted by Crippen LogP contribution is 2.09. The molecule has 0 bridgehead atoms. The van der Waals surface area contributed by atoms with Crippen LogP contribution in [0.5, 0.6) is 5.75 Å². The summed E-state index contributed by atoms with van der Waals surface area (Å²) in [5.74, 6) is -0.0826. The topological polar surface area (TPSA) is 98.1 Å². The first-order valence-corrected chi connectivity index (χ1v) is 4.82. The van der Waals surface area contributed by atoms with E-state index < -0.39 is 0 Å². The van der Waals surface area contributed by atoms with Crippen LogP contribution in [0.4, 0.5) is 0 Å². The lowest BCUT2D eigenvalue weighted by Crippen LogP contribution is -2.24. The molecule has 0 spiro atoms. The summed E-state index contributed by atoms with van der Waals surface area (Å²) in [5, 5.41) is 15.1. The molecule has 0 aromatic heterocycles. The number of nitrogens with one attached hydrogen (secondary N) is 1. The summed E-state index contributed by atoms with van der Waals surface area (Å²) in [4.78, 5) is 14.1. The second-order valence-corrected chi connectivity index (χ2v) is 3.11. The number of hydrogen-bond donors (Lipinski definition) is 2. The number of nitrogens with zero attached hydrogens (tertiary/aromatic N) is 3. The van der Waals surface area contributed by atoms with Crippen molar-refractivity contribution in [2.24, 2.45) is 5.11 Å². The Morgan fingerprint density at radius 2 is 2.12 bits per heavy atom. The molecule has 2 N–H and O–H groups in total. The normalized spacial score (nSPS) is 9.25. The van der Waals surface area contributed by atoms with Crippen molar-refractivity contribution in [2.75, 3.05) is 13.1 Å². The van der Waals surface area contributed by atoms with Crippen molar-refractivity contribution in [1.29, 1.82) is 0 Å². The van der Waals surface area contributed by atoms with Gasteiger partial charge in [0.15, 0.2) is 0 Å². The fourth-order valence-corrected chi connectivity index (χ4v) is 1.11. The number of hydrogen-bond acceptors (Lipinski definition) is 3. The lowest BCUT2D eigenvalue weighted by atomic mass is 10.2. The first kappa shape index (κ1) is 11.9. The molecule has 6 nitrogen and oxygen atoms in total. The van der Waals surface area contributed by atoms with E-state index in [-0.39, 0.29) is 11.7 Å². The lowest BCUT2D eigenvalue weighted by Gasteiger charge is -2.03. The van der Waals surface area contributed by atoms with Crippen molar-refractivity contribution in [1.82, 2.24) is 5.32 Å². The van der Waals surface area contributed by atoms with Crippen molar-refractivity contribution < 1.29 is 9.90 Å². The van der Waals surface area contributed by atoms with Crippen LogP contribution in [0, 0.1) is 0 Å². The van der Waals surface area contributed by atoms with Crippen LogP contribution >= 0.6 is 0 Å². The van der Waals surface area contributed by atoms with Gasteiger partial charge in [0.05, 0.1) is 0 Å². The maximum atomic E-state index is 11.5. The van der Waals surface area contributed by atoms with Crippen LogP contribution < -0.4 is 5.32 Å². The highest BCUT2D eigenvalue weighted by Gasteiger charge is 2.03. The van der Waals surface area contributed by atoms with E-state index in [0.29, 0.717) is 25.1 Å². The standard InChI is InChI=1S/C10H12N4O2/c11-14-13-7-1-6-12-10(16)8-2-4-9(15)5-3-8/h2-5,15H,1,6-7H2,(H,12,16). The first-order valence-electron chi connectivity index (χ1n) is 4.82. The van der Waals surface area contributed by atoms with Gasteiger partial charge in [0, 0.05) is 23.6 Å². The fraction of sp³-hybridized carbons (Fsp3) is 0.300. The highest BCUT2D eigenvalue weighted by molar-refractivity contribution is 5.94. The van der Waals surface area contributed by atoms with Gasteiger partial charge in [0.2, 0.25) is 0 Å². The molecule has 1 rings (SSSR count). The second-order valence-electron chi connectivity index (χ2n) is 3.11. The molecule has 1 amide bonds. The van der Waals surface area contributed by atoms with Crippen LogP contribution in [0.3, 0.4) is 0 Å². The zero-order valence-electron chi connectivity index (χ0n) is 8.63. The molecule has 84 valence electrons. The molecule has 6 heteroatoms. The first-order chi connectivity index (χ1) is 7.74. The number of carbonyl (C=O) groups is 1. The van der Waals surface area contributed by atoms with Crippen LogP contribution in [-0.2, 0) is 0 Å². The van der Waals surface area contributed by atoms with Gasteiger partial charge in [0.1, 0.15) is 5.75 Å². The van der Waals surface area contributed by atoms with Crippen molar-refractivity contribution in [3.05, 3.63) is 40.3 Å². The molecule has 0 fully saturated rings. The van der Waals surface area contributed by atoms with E-state index in [1.54, 1.807) is 0 Å². The highest BCUT2D eigenvalue weighted by atomic mass is 16.3. The number of carbonyl (C=O) groups excluding carboxylic acids is 1. The van der Waals surface area contributed by atoms with Crippen molar-refractivity contribution in [3.63, 3.8) is 0 Å². The molecule has 0 heterocycles. The van der Waals surface area contributed by atoms with Crippen LogP contribution in [0.2, 0.25) is 0 Å². The number of amides is 1. The Bertz CT molecular complexity index is 396. The summed E-state index contributed by atoms with van der Waals surface area (Å²) in [7, 11) is 0. The van der Waals surface area contributed by atoms with Crippen molar-refractivity contribution >= 4 is 5.91 Å². The molecular weight excluding hydrogens is 208 g/mol. The van der Waals surface area contributed by atoms with E-state index in [2.05, 4.69) is 15.3 Å². The van der Waals surface area contributed by atoms with E-state index in [9.17, 15) is 4.79 Å². The average Bonchev–Trinajstić information content (AvgIpc) is 2.29. The monoisotopic (exact) mass is 220 g/mol. The maximum Gasteiger partial charge on any atom is 0.251 e. The summed E-state index contributed by atoms with van der Waals surface area (Å²) in [6.07, 6.45) is 0.605. The average molecular weight is 220 g/mol. The number of benzene rings is 1. The van der Waals surface area contributed by atoms with Crippen molar-refractivity contribution in [2.45, 2.75) is 6.42 Å². The van der Waals surface area contributed by atoms with E-state index in [1.165, 1.54) is 24.3 Å². The van der Waals surface area contributed by atoms with E-state index >= 15 is 0 Å². The van der Waals surface area contributed by atoms with Crippen LogP contribution in [0.1, 0.15) is 16.8 Å². The summed E-state index contributed by atoms with van der Waals surface area (Å²) in [6.45, 7) is 0.824. The lowest BCUT2D eigenvalue weighted by molar-refractivity contribution is 0.0953. The van der Waals surface area contributed by atoms with Crippen LogP contribution in [0.15, 0.2) is 29.4 Å². The second kappa shape index (κ2) is 6.31. The molecule has 0 saturated heterocycles. The molecule has 0 aliphatic heterocycles. The quantitative estimate of drug-likeness (QED) is 0.342. The van der Waals surface area contributed by atoms with Gasteiger partial charge < -0.3 is 10.4 Å². The smallest absolute Gasteiger partial charge is 0.251 e. The number of aromatic hydroxyl groups is 1. The Hall–Kier alpha value is -2.20. The minimum absolute atomic E-state index is 0.125. The minimum atomic E-state index is -0.207. The minimum Gasteiger partial charge on any atom is -0.508 e. The van der Waals surface area contributed by atoms with Gasteiger partial charge in [-0.1, -0.05) is 5.11 Å². The Morgan fingerprint density at radius 1 is 1.44 bits per heavy atom. The van der Waals surface area contributed by atoms with Gasteiger partial charge in [-0.05, 0) is 36.2 Å². The molecule has 1 aromatic carbocycles. The SMILES string of the molecule is [N-]=[N+]=NCCCNC(=O)c1ccc(O)cc1. The summed E-state index contributed by atoms with van der Waals surface area (Å²) in [6, 6.07) is 5.99. The Morgan fingerprint density at radius 3 is 2.75 bits per heavy atom. The molecule has 16 heavy (non-hydrogen) atoms. The van der Waals surface area contributed by atoms with Crippen LogP contribution in [-0.4, -0.2) is 24.1 Å². The molecule has 0 aliphatic carbocycles. The third kappa shape index (κ3) is 3.89. The van der Waals surface area contributed by atoms with Gasteiger partial charge in [-0.25, -0.2) is 0 Å². The maximum absolute atomic E-state index is 11.5. The summed E-state index contributed by atoms with van der Waals surface area (Å²) < 4.78 is 0. The zero-order chi connectivity index (χ0) is 11.8. The summed E-state index contributed by atoms with van der Waals surface area (Å²) >= 11 is 0. The Kier molecular flexibility index (Phi) is 4.69. The molecule has 0 aliphatic rings. The fourth-order valence-electron chi connectivity index (χ4n) is 1.11. The van der Waals surface area contributed by atoms with Gasteiger partial charge in [-0.2, -0.15) is 0 Å². The number of rotatable bonds is 5. The Labute approximate surface area is 92.5 Å². The molecular formula is C10H12N4O2. The predicted molar refractivity (Wildman–Crippen MR) is 59.1 cm³/mol. The van der Waals surface area contributed by atoms with Crippen molar-refractivity contribution in [3.8, 4) is 5.75 Å². The van der Waals surface area contributed by atoms with Gasteiger partial charge in [-0.3, -0.25) is 4.79 Å². The molecule has 0 saturated carbocycles. The number of phenolic OH excluding ortho intramolecular Hbond substituents is 1. The third-order valence-corrected chi connectivity index (χ3v) is 1.91. The van der Waals surface area contributed by atoms with Gasteiger partial charge in [-0.15, -0.1) is 0 Å². The van der Waals surface area contributed by atoms with Crippen LogP contribution in [0.25, 0.3) is 10.4 Å². The predicted octanol–water partition coefficient (Wildman–Crippen LogP) is 1.82. The number of azide groups is 1. The molecule has 0 unspecified atom stereocenters. The van der Waals surface area contributed by atoms with Gasteiger partial charge in [0.25, 0.3) is 5.91 Å². The Balaban J connectivity index is 2.35. The van der Waals surface area contributed by atoms with E-state index in [0.717, 1.165) is 0 Å². The zero-order valence-corrected chi connectivity index (χ0v) is 8.63. The summed E-state index contributed by atoms with van der Waals surface area (Å²) in [5.41, 5.74) is 8.51. The van der Waals surface area contributed by atoms with E-state index in [1.807, 2.05) is 0 Å². The molecule has 1 aromatic rings. The number of phenols is 1.